The number of rotatable bonds is 3. The van der Waals surface area contributed by atoms with Gasteiger partial charge in [0.25, 0.3) is 0 Å². The lowest BCUT2D eigenvalue weighted by atomic mass is 10.2. The molecule has 0 radical (unpaired) electrons. The minimum atomic E-state index is -1.38. The minimum Gasteiger partial charge on any atom is -0.475 e. The average Bonchev–Trinajstić information content (AvgIpc) is 2.35. The van der Waals surface area contributed by atoms with Crippen molar-refractivity contribution in [2.45, 2.75) is 6.42 Å². The van der Waals surface area contributed by atoms with Crippen molar-refractivity contribution in [1.29, 1.82) is 0 Å². The Kier molecular flexibility index (Phi) is 2.99. The van der Waals surface area contributed by atoms with Gasteiger partial charge in [-0.25, -0.2) is 4.79 Å². The number of thiophene rings is 1. The molecule has 0 amide bonds. The summed E-state index contributed by atoms with van der Waals surface area (Å²) < 4.78 is 0.899. The van der Waals surface area contributed by atoms with E-state index in [2.05, 4.69) is 15.9 Å². The lowest BCUT2D eigenvalue weighted by molar-refractivity contribution is -0.148. The Bertz CT molecular complexity index is 318. The van der Waals surface area contributed by atoms with Crippen LogP contribution >= 0.6 is 27.3 Å². The molecule has 0 aliphatic rings. The van der Waals surface area contributed by atoms with E-state index < -0.39 is 11.8 Å². The molecule has 5 heteroatoms. The standard InChI is InChI=1S/C7H5BrO3S/c8-6-2-4(3-12-6)1-5(9)7(10)11/h2-3H,1H2,(H,10,11). The lowest BCUT2D eigenvalue weighted by Gasteiger charge is -1.89. The summed E-state index contributed by atoms with van der Waals surface area (Å²) >= 11 is 4.65. The van der Waals surface area contributed by atoms with Crippen LogP contribution < -0.4 is 0 Å². The summed E-state index contributed by atoms with van der Waals surface area (Å²) in [6.45, 7) is 0. The maximum Gasteiger partial charge on any atom is 0.372 e. The van der Waals surface area contributed by atoms with Gasteiger partial charge >= 0.3 is 5.97 Å². The number of carboxylic acid groups (broad SMARTS) is 1. The first kappa shape index (κ1) is 9.41. The number of carbonyl (C=O) groups excluding carboxylic acids is 1. The van der Waals surface area contributed by atoms with E-state index in [1.807, 2.05) is 0 Å². The van der Waals surface area contributed by atoms with Crippen molar-refractivity contribution in [3.63, 3.8) is 0 Å². The SMILES string of the molecule is O=C(O)C(=O)Cc1csc(Br)c1. The first-order chi connectivity index (χ1) is 5.59. The van der Waals surface area contributed by atoms with E-state index in [-0.39, 0.29) is 6.42 Å². The molecule has 0 fully saturated rings. The van der Waals surface area contributed by atoms with E-state index in [4.69, 9.17) is 5.11 Å². The summed E-state index contributed by atoms with van der Waals surface area (Å²) in [4.78, 5) is 20.9. The minimum absolute atomic E-state index is 0.0303. The Hall–Kier alpha value is -0.680. The summed E-state index contributed by atoms with van der Waals surface area (Å²) in [5.41, 5.74) is 0.735. The van der Waals surface area contributed by atoms with Gasteiger partial charge in [-0.1, -0.05) is 0 Å². The fraction of sp³-hybridized carbons (Fsp3) is 0.143. The molecule has 0 bridgehead atoms. The zero-order valence-corrected chi connectivity index (χ0v) is 8.31. The van der Waals surface area contributed by atoms with Crippen LogP contribution in [0.1, 0.15) is 5.56 Å². The lowest BCUT2D eigenvalue weighted by Crippen LogP contribution is -2.14. The van der Waals surface area contributed by atoms with Crippen LogP contribution in [-0.4, -0.2) is 16.9 Å². The van der Waals surface area contributed by atoms with Crippen LogP contribution in [0.15, 0.2) is 15.2 Å². The molecule has 1 rings (SSSR count). The van der Waals surface area contributed by atoms with E-state index in [0.717, 1.165) is 9.35 Å². The number of hydrogen-bond donors (Lipinski definition) is 1. The van der Waals surface area contributed by atoms with Crippen LogP contribution in [0.5, 0.6) is 0 Å². The number of Topliss-reactive ketones (excluding diaryl/α,β-unsaturated/α-hetero) is 1. The van der Waals surface area contributed by atoms with Crippen LogP contribution in [0, 0.1) is 0 Å². The van der Waals surface area contributed by atoms with Crippen molar-refractivity contribution in [2.24, 2.45) is 0 Å². The van der Waals surface area contributed by atoms with Crippen LogP contribution in [0.2, 0.25) is 0 Å². The van der Waals surface area contributed by atoms with Gasteiger partial charge in [0.05, 0.1) is 3.79 Å². The van der Waals surface area contributed by atoms with Gasteiger partial charge in [-0.05, 0) is 32.9 Å². The number of ketones is 1. The van der Waals surface area contributed by atoms with E-state index in [1.54, 1.807) is 11.4 Å². The molecule has 0 saturated heterocycles. The summed E-state index contributed by atoms with van der Waals surface area (Å²) in [5.74, 6) is -2.15. The molecule has 1 heterocycles. The topological polar surface area (TPSA) is 54.4 Å². The number of aliphatic carboxylic acids is 1. The van der Waals surface area contributed by atoms with Gasteiger partial charge < -0.3 is 5.11 Å². The fourth-order valence-electron chi connectivity index (χ4n) is 0.699. The zero-order valence-electron chi connectivity index (χ0n) is 5.91. The van der Waals surface area contributed by atoms with Crippen LogP contribution in [-0.2, 0) is 16.0 Å². The fourth-order valence-corrected chi connectivity index (χ4v) is 1.91. The summed E-state index contributed by atoms with van der Waals surface area (Å²) in [7, 11) is 0. The largest absolute Gasteiger partial charge is 0.475 e. The summed E-state index contributed by atoms with van der Waals surface area (Å²) in [6, 6.07) is 1.74. The number of carbonyl (C=O) groups is 2. The van der Waals surface area contributed by atoms with Gasteiger partial charge in [-0.15, -0.1) is 11.3 Å². The molecule has 0 aliphatic carbocycles. The molecular formula is C7H5BrO3S. The zero-order chi connectivity index (χ0) is 9.14. The van der Waals surface area contributed by atoms with Gasteiger partial charge in [0.1, 0.15) is 0 Å². The molecule has 1 aromatic heterocycles. The molecule has 0 atom stereocenters. The second-order valence-electron chi connectivity index (χ2n) is 2.16. The van der Waals surface area contributed by atoms with Crippen molar-refractivity contribution in [1.82, 2.24) is 0 Å². The van der Waals surface area contributed by atoms with Crippen molar-refractivity contribution in [3.8, 4) is 0 Å². The van der Waals surface area contributed by atoms with E-state index >= 15 is 0 Å². The number of carboxylic acids is 1. The van der Waals surface area contributed by atoms with Gasteiger partial charge in [0.2, 0.25) is 5.78 Å². The van der Waals surface area contributed by atoms with Crippen molar-refractivity contribution < 1.29 is 14.7 Å². The molecule has 0 aliphatic heterocycles. The Morgan fingerprint density at radius 3 is 2.67 bits per heavy atom. The molecule has 64 valence electrons. The predicted octanol–water partition coefficient (Wildman–Crippen LogP) is 1.71. The molecule has 1 N–H and O–H groups in total. The predicted molar refractivity (Wildman–Crippen MR) is 48.4 cm³/mol. The number of hydrogen-bond acceptors (Lipinski definition) is 3. The van der Waals surface area contributed by atoms with Gasteiger partial charge in [-0.3, -0.25) is 4.79 Å². The van der Waals surface area contributed by atoms with Crippen LogP contribution in [0.4, 0.5) is 0 Å². The summed E-state index contributed by atoms with van der Waals surface area (Å²) in [5, 5.41) is 10.0. The third-order valence-corrected chi connectivity index (χ3v) is 2.78. The molecule has 0 aromatic carbocycles. The van der Waals surface area contributed by atoms with Crippen LogP contribution in [0.3, 0.4) is 0 Å². The third-order valence-electron chi connectivity index (χ3n) is 1.22. The maximum absolute atomic E-state index is 10.7. The van der Waals surface area contributed by atoms with E-state index in [9.17, 15) is 9.59 Å². The molecular weight excluding hydrogens is 244 g/mol. The van der Waals surface area contributed by atoms with E-state index in [1.165, 1.54) is 11.3 Å². The molecule has 12 heavy (non-hydrogen) atoms. The third kappa shape index (κ3) is 2.42. The Balaban J connectivity index is 2.64. The molecule has 1 aromatic rings. The molecule has 3 nitrogen and oxygen atoms in total. The van der Waals surface area contributed by atoms with Crippen molar-refractivity contribution >= 4 is 39.0 Å². The highest BCUT2D eigenvalue weighted by Crippen LogP contribution is 2.20. The number of halogens is 1. The quantitative estimate of drug-likeness (QED) is 0.829. The molecule has 0 spiro atoms. The highest BCUT2D eigenvalue weighted by molar-refractivity contribution is 9.11. The van der Waals surface area contributed by atoms with Crippen LogP contribution in [0.25, 0.3) is 0 Å². The van der Waals surface area contributed by atoms with E-state index in [0.29, 0.717) is 0 Å². The normalized spacial score (nSPS) is 9.75. The van der Waals surface area contributed by atoms with Gasteiger partial charge in [0.15, 0.2) is 0 Å². The maximum atomic E-state index is 10.7. The van der Waals surface area contributed by atoms with Crippen molar-refractivity contribution in [3.05, 3.63) is 20.8 Å². The first-order valence-electron chi connectivity index (χ1n) is 3.08. The molecule has 0 saturated carbocycles. The average molecular weight is 249 g/mol. The Morgan fingerprint density at radius 2 is 2.25 bits per heavy atom. The molecule has 0 unspecified atom stereocenters. The Labute approximate surface area is 81.2 Å². The Morgan fingerprint density at radius 1 is 1.58 bits per heavy atom. The first-order valence-corrected chi connectivity index (χ1v) is 4.76. The second kappa shape index (κ2) is 3.82. The van der Waals surface area contributed by atoms with Gasteiger partial charge in [0, 0.05) is 6.42 Å². The van der Waals surface area contributed by atoms with Gasteiger partial charge in [-0.2, -0.15) is 0 Å². The highest BCUT2D eigenvalue weighted by Gasteiger charge is 2.12. The van der Waals surface area contributed by atoms with Crippen molar-refractivity contribution in [2.75, 3.05) is 0 Å². The summed E-state index contributed by atoms with van der Waals surface area (Å²) in [6.07, 6.45) is -0.0303. The highest BCUT2D eigenvalue weighted by atomic mass is 79.9. The monoisotopic (exact) mass is 248 g/mol. The second-order valence-corrected chi connectivity index (χ2v) is 4.45. The smallest absolute Gasteiger partial charge is 0.372 e.